The Morgan fingerprint density at radius 3 is 2.43 bits per heavy atom. The molecule has 1 aromatic carbocycles. The smallest absolute Gasteiger partial charge is 0.340 e. The van der Waals surface area contributed by atoms with Gasteiger partial charge in [0.1, 0.15) is 0 Å². The van der Waals surface area contributed by atoms with Crippen LogP contribution in [0.4, 0.5) is 5.69 Å². The monoisotopic (exact) mass is 403 g/mol. The van der Waals surface area contributed by atoms with E-state index in [1.807, 2.05) is 19.9 Å². The van der Waals surface area contributed by atoms with Gasteiger partial charge in [0.2, 0.25) is 0 Å². The summed E-state index contributed by atoms with van der Waals surface area (Å²) in [5, 5.41) is 3.02. The van der Waals surface area contributed by atoms with Gasteiger partial charge in [-0.15, -0.1) is 0 Å². The number of hydrogen-bond donors (Lipinski definition) is 1. The molecule has 2 rings (SSSR count). The molecule has 8 nitrogen and oxygen atoms in total. The maximum Gasteiger partial charge on any atom is 0.340 e. The molecule has 0 atom stereocenters. The van der Waals surface area contributed by atoms with Crippen molar-refractivity contribution >= 4 is 35.3 Å². The molecule has 0 saturated carbocycles. The van der Waals surface area contributed by atoms with Gasteiger partial charge < -0.3 is 14.8 Å². The van der Waals surface area contributed by atoms with E-state index >= 15 is 0 Å². The highest BCUT2D eigenvalue weighted by atomic mass is 32.2. The largest absolute Gasteiger partial charge is 0.462 e. The average Bonchev–Trinajstić information content (AvgIpc) is 2.64. The summed E-state index contributed by atoms with van der Waals surface area (Å²) in [6.45, 7) is 5.13. The fraction of sp³-hybridized carbons (Fsp3) is 0.316. The van der Waals surface area contributed by atoms with Gasteiger partial charge in [-0.25, -0.2) is 14.8 Å². The topological polar surface area (TPSA) is 107 Å². The molecule has 2 aromatic rings. The Bertz CT molecular complexity index is 852. The highest BCUT2D eigenvalue weighted by Gasteiger charge is 2.15. The van der Waals surface area contributed by atoms with E-state index in [1.54, 1.807) is 31.2 Å². The number of benzene rings is 1. The summed E-state index contributed by atoms with van der Waals surface area (Å²) in [6.07, 6.45) is 0. The molecule has 1 amide bonds. The molecule has 0 bridgehead atoms. The van der Waals surface area contributed by atoms with Crippen LogP contribution in [0, 0.1) is 13.8 Å². The number of para-hydroxylation sites is 1. The van der Waals surface area contributed by atoms with Crippen LogP contribution < -0.4 is 5.32 Å². The summed E-state index contributed by atoms with van der Waals surface area (Å²) in [7, 11) is 0. The van der Waals surface area contributed by atoms with Crippen LogP contribution in [0.15, 0.2) is 35.5 Å². The van der Waals surface area contributed by atoms with Crippen LogP contribution >= 0.6 is 11.8 Å². The molecule has 0 aliphatic heterocycles. The first-order valence-corrected chi connectivity index (χ1v) is 9.54. The molecule has 1 N–H and O–H groups in total. The van der Waals surface area contributed by atoms with Crippen LogP contribution in [0.25, 0.3) is 0 Å². The minimum Gasteiger partial charge on any atom is -0.462 e. The number of carbonyl (C=O) groups is 3. The molecular formula is C19H21N3O5S. The van der Waals surface area contributed by atoms with Crippen LogP contribution in [-0.4, -0.2) is 46.8 Å². The Labute approximate surface area is 167 Å². The molecule has 0 unspecified atom stereocenters. The number of aryl methyl sites for hydroxylation is 2. The molecule has 0 fully saturated rings. The minimum absolute atomic E-state index is 0.0183. The first kappa shape index (κ1) is 21.4. The van der Waals surface area contributed by atoms with Gasteiger partial charge in [0.05, 0.1) is 23.6 Å². The van der Waals surface area contributed by atoms with Gasteiger partial charge in [-0.05, 0) is 39.0 Å². The summed E-state index contributed by atoms with van der Waals surface area (Å²) in [6, 6.07) is 8.28. The van der Waals surface area contributed by atoms with E-state index in [0.29, 0.717) is 10.8 Å². The van der Waals surface area contributed by atoms with E-state index in [-0.39, 0.29) is 17.9 Å². The lowest BCUT2D eigenvalue weighted by Gasteiger charge is -2.10. The molecule has 9 heteroatoms. The number of amides is 1. The SMILES string of the molecule is CCOC(=O)c1ccccc1NC(=O)COC(=O)CSc1nc(C)cc(C)n1. The number of rotatable bonds is 8. The Morgan fingerprint density at radius 2 is 1.75 bits per heavy atom. The molecule has 0 radical (unpaired) electrons. The van der Waals surface area contributed by atoms with Crippen LogP contribution in [0.3, 0.4) is 0 Å². The minimum atomic E-state index is -0.568. The lowest BCUT2D eigenvalue weighted by Crippen LogP contribution is -2.23. The number of carbonyl (C=O) groups excluding carboxylic acids is 3. The van der Waals surface area contributed by atoms with E-state index in [4.69, 9.17) is 9.47 Å². The van der Waals surface area contributed by atoms with Gasteiger partial charge in [-0.1, -0.05) is 23.9 Å². The lowest BCUT2D eigenvalue weighted by molar-refractivity contribution is -0.144. The van der Waals surface area contributed by atoms with Crippen LogP contribution in [-0.2, 0) is 19.1 Å². The number of esters is 2. The second-order valence-corrected chi connectivity index (χ2v) is 6.64. The Morgan fingerprint density at radius 1 is 1.07 bits per heavy atom. The highest BCUT2D eigenvalue weighted by molar-refractivity contribution is 7.99. The van der Waals surface area contributed by atoms with E-state index in [9.17, 15) is 14.4 Å². The van der Waals surface area contributed by atoms with Gasteiger partial charge in [-0.2, -0.15) is 0 Å². The van der Waals surface area contributed by atoms with Crippen molar-refractivity contribution in [3.8, 4) is 0 Å². The number of ether oxygens (including phenoxy) is 2. The van der Waals surface area contributed by atoms with Crippen molar-refractivity contribution in [2.45, 2.75) is 25.9 Å². The van der Waals surface area contributed by atoms with Gasteiger partial charge in [-0.3, -0.25) is 9.59 Å². The van der Waals surface area contributed by atoms with Crippen molar-refractivity contribution in [2.24, 2.45) is 0 Å². The van der Waals surface area contributed by atoms with Gasteiger partial charge >= 0.3 is 11.9 Å². The summed E-state index contributed by atoms with van der Waals surface area (Å²) in [4.78, 5) is 44.2. The molecule has 1 aromatic heterocycles. The predicted molar refractivity (Wildman–Crippen MR) is 104 cm³/mol. The zero-order valence-electron chi connectivity index (χ0n) is 15.9. The van der Waals surface area contributed by atoms with Crippen molar-refractivity contribution in [3.63, 3.8) is 0 Å². The molecule has 0 spiro atoms. The Kier molecular flexibility index (Phi) is 7.94. The number of anilines is 1. The standard InChI is InChI=1S/C19H21N3O5S/c1-4-26-18(25)14-7-5-6-8-15(14)22-16(23)10-27-17(24)11-28-19-20-12(2)9-13(3)21-19/h5-9H,4,10-11H2,1-3H3,(H,22,23). The summed E-state index contributed by atoms with van der Waals surface area (Å²) in [5.41, 5.74) is 2.14. The third kappa shape index (κ3) is 6.66. The third-order valence-electron chi connectivity index (χ3n) is 3.34. The highest BCUT2D eigenvalue weighted by Crippen LogP contribution is 2.17. The fourth-order valence-corrected chi connectivity index (χ4v) is 2.98. The van der Waals surface area contributed by atoms with E-state index in [2.05, 4.69) is 15.3 Å². The van der Waals surface area contributed by atoms with Gasteiger partial charge in [0, 0.05) is 11.4 Å². The first-order chi connectivity index (χ1) is 13.4. The normalized spacial score (nSPS) is 10.2. The van der Waals surface area contributed by atoms with Crippen LogP contribution in [0.5, 0.6) is 0 Å². The number of nitrogens with one attached hydrogen (secondary N) is 1. The lowest BCUT2D eigenvalue weighted by atomic mass is 10.2. The van der Waals surface area contributed by atoms with Crippen molar-refractivity contribution in [2.75, 3.05) is 24.3 Å². The molecule has 0 aliphatic rings. The van der Waals surface area contributed by atoms with Crippen LogP contribution in [0.2, 0.25) is 0 Å². The van der Waals surface area contributed by atoms with Crippen molar-refractivity contribution in [1.82, 2.24) is 9.97 Å². The van der Waals surface area contributed by atoms with Crippen molar-refractivity contribution in [3.05, 3.63) is 47.3 Å². The number of thioether (sulfide) groups is 1. The van der Waals surface area contributed by atoms with Crippen LogP contribution in [0.1, 0.15) is 28.7 Å². The Hall–Kier alpha value is -2.94. The molecule has 28 heavy (non-hydrogen) atoms. The maximum absolute atomic E-state index is 12.0. The zero-order chi connectivity index (χ0) is 20.5. The average molecular weight is 403 g/mol. The fourth-order valence-electron chi connectivity index (χ4n) is 2.23. The quantitative estimate of drug-likeness (QED) is 0.407. The number of aromatic nitrogens is 2. The summed E-state index contributed by atoms with van der Waals surface area (Å²) in [5.74, 6) is -1.69. The maximum atomic E-state index is 12.0. The Balaban J connectivity index is 1.84. The molecule has 0 aliphatic carbocycles. The molecular weight excluding hydrogens is 382 g/mol. The number of hydrogen-bond acceptors (Lipinski definition) is 8. The first-order valence-electron chi connectivity index (χ1n) is 8.55. The van der Waals surface area contributed by atoms with E-state index < -0.39 is 24.5 Å². The zero-order valence-corrected chi connectivity index (χ0v) is 16.7. The van der Waals surface area contributed by atoms with Gasteiger partial charge in [0.15, 0.2) is 11.8 Å². The van der Waals surface area contributed by atoms with Crippen molar-refractivity contribution < 1.29 is 23.9 Å². The molecule has 0 saturated heterocycles. The second-order valence-electron chi connectivity index (χ2n) is 5.70. The van der Waals surface area contributed by atoms with E-state index in [1.165, 1.54) is 0 Å². The third-order valence-corrected chi connectivity index (χ3v) is 4.16. The van der Waals surface area contributed by atoms with Gasteiger partial charge in [0.25, 0.3) is 5.91 Å². The molecule has 1 heterocycles. The van der Waals surface area contributed by atoms with Crippen molar-refractivity contribution in [1.29, 1.82) is 0 Å². The summed E-state index contributed by atoms with van der Waals surface area (Å²) >= 11 is 1.13. The summed E-state index contributed by atoms with van der Waals surface area (Å²) < 4.78 is 9.91. The second kappa shape index (κ2) is 10.4. The van der Waals surface area contributed by atoms with E-state index in [0.717, 1.165) is 23.1 Å². The number of nitrogens with zero attached hydrogens (tertiary/aromatic N) is 2. The molecule has 148 valence electrons. The predicted octanol–water partition coefficient (Wildman–Crippen LogP) is 2.54.